The van der Waals surface area contributed by atoms with Crippen LogP contribution in [0.2, 0.25) is 0 Å². The first-order chi connectivity index (χ1) is 12.0. The van der Waals surface area contributed by atoms with E-state index in [4.69, 9.17) is 0 Å². The molecule has 0 bridgehead atoms. The number of anilines is 1. The molecule has 26 heavy (non-hydrogen) atoms. The van der Waals surface area contributed by atoms with E-state index in [0.29, 0.717) is 6.42 Å². The average Bonchev–Trinajstić information content (AvgIpc) is 2.75. The van der Waals surface area contributed by atoms with Crippen molar-refractivity contribution in [1.29, 1.82) is 0 Å². The highest BCUT2D eigenvalue weighted by Gasteiger charge is 2.39. The number of hydrogen-bond acceptors (Lipinski definition) is 4. The summed E-state index contributed by atoms with van der Waals surface area (Å²) < 4.78 is 40.0. The quantitative estimate of drug-likeness (QED) is 0.750. The van der Waals surface area contributed by atoms with Gasteiger partial charge in [0.15, 0.2) is 0 Å². The first kappa shape index (κ1) is 19.5. The zero-order valence-electron chi connectivity index (χ0n) is 14.1. The van der Waals surface area contributed by atoms with Crippen molar-refractivity contribution in [2.24, 2.45) is 5.92 Å². The Kier molecular flexibility index (Phi) is 5.73. The van der Waals surface area contributed by atoms with E-state index in [0.717, 1.165) is 17.0 Å². The molecule has 0 radical (unpaired) electrons. The Morgan fingerprint density at radius 3 is 2.42 bits per heavy atom. The number of urea groups is 1. The number of ether oxygens (including phenoxy) is 1. The van der Waals surface area contributed by atoms with Crippen LogP contribution in [0.3, 0.4) is 0 Å². The summed E-state index contributed by atoms with van der Waals surface area (Å²) in [5.41, 5.74) is 0.204. The van der Waals surface area contributed by atoms with Gasteiger partial charge in [0.25, 0.3) is 5.91 Å². The smallest absolute Gasteiger partial charge is 0.406 e. The van der Waals surface area contributed by atoms with E-state index in [1.165, 1.54) is 12.1 Å². The predicted molar refractivity (Wildman–Crippen MR) is 85.2 cm³/mol. The maximum Gasteiger partial charge on any atom is 0.573 e. The number of imide groups is 1. The first-order valence-corrected chi connectivity index (χ1v) is 7.82. The summed E-state index contributed by atoms with van der Waals surface area (Å²) in [6.07, 6.45) is -4.34. The third kappa shape index (κ3) is 5.36. The Bertz CT molecular complexity index is 689. The zero-order valence-corrected chi connectivity index (χ0v) is 14.1. The highest BCUT2D eigenvalue weighted by molar-refractivity contribution is 6.07. The number of amides is 4. The zero-order chi connectivity index (χ0) is 19.5. The molecule has 1 saturated heterocycles. The Labute approximate surface area is 147 Å². The van der Waals surface area contributed by atoms with Crippen molar-refractivity contribution >= 4 is 23.5 Å². The third-order valence-electron chi connectivity index (χ3n) is 3.49. The van der Waals surface area contributed by atoms with Crippen molar-refractivity contribution in [3.8, 4) is 5.75 Å². The molecule has 0 aromatic heterocycles. The number of benzene rings is 1. The molecule has 0 spiro atoms. The van der Waals surface area contributed by atoms with Gasteiger partial charge >= 0.3 is 12.4 Å². The fraction of sp³-hybridized carbons (Fsp3) is 0.438. The minimum atomic E-state index is -4.80. The summed E-state index contributed by atoms with van der Waals surface area (Å²) in [4.78, 5) is 36.8. The molecule has 0 saturated carbocycles. The minimum absolute atomic E-state index is 0.190. The van der Waals surface area contributed by atoms with E-state index in [-0.39, 0.29) is 11.6 Å². The van der Waals surface area contributed by atoms with Crippen molar-refractivity contribution in [2.45, 2.75) is 32.7 Å². The van der Waals surface area contributed by atoms with Gasteiger partial charge in [0.05, 0.1) is 0 Å². The lowest BCUT2D eigenvalue weighted by Crippen LogP contribution is -2.38. The molecule has 10 heteroatoms. The molecule has 1 aliphatic heterocycles. The SMILES string of the molecule is CC(C)C[C@@H]1NC(=O)N(CC(=O)Nc2ccc(OC(F)(F)F)cc2)C1=O. The molecule has 142 valence electrons. The van der Waals surface area contributed by atoms with Crippen LogP contribution in [0.5, 0.6) is 5.75 Å². The molecule has 7 nitrogen and oxygen atoms in total. The van der Waals surface area contributed by atoms with Crippen LogP contribution in [0.15, 0.2) is 24.3 Å². The summed E-state index contributed by atoms with van der Waals surface area (Å²) >= 11 is 0. The largest absolute Gasteiger partial charge is 0.573 e. The van der Waals surface area contributed by atoms with Gasteiger partial charge in [-0.05, 0) is 36.6 Å². The highest BCUT2D eigenvalue weighted by atomic mass is 19.4. The second-order valence-electron chi connectivity index (χ2n) is 6.18. The van der Waals surface area contributed by atoms with Crippen LogP contribution in [-0.4, -0.2) is 41.7 Å². The third-order valence-corrected chi connectivity index (χ3v) is 3.49. The van der Waals surface area contributed by atoms with Crippen LogP contribution >= 0.6 is 0 Å². The Hall–Kier alpha value is -2.78. The minimum Gasteiger partial charge on any atom is -0.406 e. The number of halogens is 3. The second kappa shape index (κ2) is 7.63. The van der Waals surface area contributed by atoms with Crippen molar-refractivity contribution in [3.05, 3.63) is 24.3 Å². The van der Waals surface area contributed by atoms with E-state index < -0.39 is 42.5 Å². The molecule has 1 atom stereocenters. The molecule has 1 heterocycles. The topological polar surface area (TPSA) is 87.7 Å². The standard InChI is InChI=1S/C16H18F3N3O4/c1-9(2)7-12-14(24)22(15(25)21-12)8-13(23)20-10-3-5-11(6-4-10)26-16(17,18)19/h3-6,9,12H,7-8H2,1-2H3,(H,20,23)(H,21,25)/t12-/m0/s1. The maximum atomic E-state index is 12.2. The van der Waals surface area contributed by atoms with Crippen LogP contribution in [0.25, 0.3) is 0 Å². The van der Waals surface area contributed by atoms with Crippen LogP contribution in [-0.2, 0) is 9.59 Å². The van der Waals surface area contributed by atoms with Crippen molar-refractivity contribution < 1.29 is 32.3 Å². The van der Waals surface area contributed by atoms with Gasteiger partial charge in [-0.2, -0.15) is 0 Å². The molecule has 1 aliphatic rings. The van der Waals surface area contributed by atoms with Gasteiger partial charge in [0.2, 0.25) is 5.91 Å². The van der Waals surface area contributed by atoms with Gasteiger partial charge in [-0.25, -0.2) is 4.79 Å². The molecule has 0 unspecified atom stereocenters. The number of alkyl halides is 3. The van der Waals surface area contributed by atoms with Gasteiger partial charge in [0, 0.05) is 5.69 Å². The van der Waals surface area contributed by atoms with E-state index >= 15 is 0 Å². The maximum absolute atomic E-state index is 12.2. The Morgan fingerprint density at radius 1 is 1.27 bits per heavy atom. The Morgan fingerprint density at radius 2 is 1.88 bits per heavy atom. The molecule has 4 amide bonds. The normalized spacial score (nSPS) is 17.5. The van der Waals surface area contributed by atoms with E-state index in [1.807, 2.05) is 13.8 Å². The summed E-state index contributed by atoms with van der Waals surface area (Å²) in [6, 6.07) is 3.20. The molecule has 0 aliphatic carbocycles. The molecular weight excluding hydrogens is 355 g/mol. The van der Waals surface area contributed by atoms with Crippen LogP contribution < -0.4 is 15.4 Å². The monoisotopic (exact) mass is 373 g/mol. The van der Waals surface area contributed by atoms with Gasteiger partial charge in [-0.1, -0.05) is 13.8 Å². The number of hydrogen-bond donors (Lipinski definition) is 2. The van der Waals surface area contributed by atoms with Crippen molar-refractivity contribution in [1.82, 2.24) is 10.2 Å². The lowest BCUT2D eigenvalue weighted by atomic mass is 10.0. The number of nitrogens with one attached hydrogen (secondary N) is 2. The highest BCUT2D eigenvalue weighted by Crippen LogP contribution is 2.24. The van der Waals surface area contributed by atoms with Crippen LogP contribution in [0, 0.1) is 5.92 Å². The number of carbonyl (C=O) groups is 3. The molecule has 2 N–H and O–H groups in total. The van der Waals surface area contributed by atoms with E-state index in [2.05, 4.69) is 15.4 Å². The van der Waals surface area contributed by atoms with Gasteiger partial charge in [0.1, 0.15) is 18.3 Å². The summed E-state index contributed by atoms with van der Waals surface area (Å²) in [7, 11) is 0. The lowest BCUT2D eigenvalue weighted by Gasteiger charge is -2.14. The van der Waals surface area contributed by atoms with E-state index in [1.54, 1.807) is 0 Å². The molecule has 1 aromatic carbocycles. The summed E-state index contributed by atoms with van der Waals surface area (Å²) in [5, 5.41) is 4.92. The summed E-state index contributed by atoms with van der Waals surface area (Å²) in [5.74, 6) is -1.37. The molecular formula is C16H18F3N3O4. The molecule has 2 rings (SSSR count). The number of nitrogens with zero attached hydrogens (tertiary/aromatic N) is 1. The number of rotatable bonds is 6. The van der Waals surface area contributed by atoms with E-state index in [9.17, 15) is 27.6 Å². The predicted octanol–water partition coefficient (Wildman–Crippen LogP) is 2.49. The first-order valence-electron chi connectivity index (χ1n) is 7.82. The average molecular weight is 373 g/mol. The van der Waals surface area contributed by atoms with Gasteiger partial charge in [-0.3, -0.25) is 14.5 Å². The molecule has 1 aromatic rings. The van der Waals surface area contributed by atoms with Crippen LogP contribution in [0.1, 0.15) is 20.3 Å². The Balaban J connectivity index is 1.92. The second-order valence-corrected chi connectivity index (χ2v) is 6.18. The van der Waals surface area contributed by atoms with Crippen LogP contribution in [0.4, 0.5) is 23.7 Å². The van der Waals surface area contributed by atoms with Crippen molar-refractivity contribution in [2.75, 3.05) is 11.9 Å². The lowest BCUT2D eigenvalue weighted by molar-refractivity contribution is -0.274. The summed E-state index contributed by atoms with van der Waals surface area (Å²) in [6.45, 7) is 3.32. The van der Waals surface area contributed by atoms with Gasteiger partial charge in [-0.15, -0.1) is 13.2 Å². The number of carbonyl (C=O) groups excluding carboxylic acids is 3. The van der Waals surface area contributed by atoms with Gasteiger partial charge < -0.3 is 15.4 Å². The fourth-order valence-electron chi connectivity index (χ4n) is 2.44. The molecule has 1 fully saturated rings. The van der Waals surface area contributed by atoms with Crippen molar-refractivity contribution in [3.63, 3.8) is 0 Å². The fourth-order valence-corrected chi connectivity index (χ4v) is 2.44.